The lowest BCUT2D eigenvalue weighted by Gasteiger charge is -2.15. The van der Waals surface area contributed by atoms with E-state index in [1.54, 1.807) is 12.1 Å². The van der Waals surface area contributed by atoms with Crippen LogP contribution in [0.4, 0.5) is 18.9 Å². The minimum absolute atomic E-state index is 0.0268. The quantitative estimate of drug-likeness (QED) is 0.830. The molecule has 0 aliphatic rings. The summed E-state index contributed by atoms with van der Waals surface area (Å²) in [6.07, 6.45) is -4.71. The highest BCUT2D eigenvalue weighted by molar-refractivity contribution is 6.32. The third kappa shape index (κ3) is 3.42. The van der Waals surface area contributed by atoms with Crippen molar-refractivity contribution in [2.45, 2.75) is 26.1 Å². The topological polar surface area (TPSA) is 67.2 Å². The molecular formula is C14H13ClF3N3O2. The lowest BCUT2D eigenvalue weighted by atomic mass is 10.2. The molecule has 2 N–H and O–H groups in total. The van der Waals surface area contributed by atoms with Gasteiger partial charge in [-0.25, -0.2) is 0 Å². The number of aromatic nitrogens is 2. The van der Waals surface area contributed by atoms with Crippen LogP contribution in [0.1, 0.15) is 24.4 Å². The van der Waals surface area contributed by atoms with Gasteiger partial charge in [0.25, 0.3) is 0 Å². The lowest BCUT2D eigenvalue weighted by Crippen LogP contribution is -2.25. The van der Waals surface area contributed by atoms with Crippen LogP contribution in [-0.4, -0.2) is 20.8 Å². The van der Waals surface area contributed by atoms with Crippen LogP contribution in [0.25, 0.3) is 0 Å². The first-order valence-corrected chi connectivity index (χ1v) is 6.91. The summed E-state index contributed by atoms with van der Waals surface area (Å²) in [5.74, 6) is -0.790. The van der Waals surface area contributed by atoms with Crippen molar-refractivity contribution in [3.8, 4) is 5.75 Å². The van der Waals surface area contributed by atoms with Crippen LogP contribution < -0.4 is 5.32 Å². The Balaban J connectivity index is 2.29. The fourth-order valence-corrected chi connectivity index (χ4v) is 2.22. The number of hydrogen-bond donors (Lipinski definition) is 2. The van der Waals surface area contributed by atoms with Gasteiger partial charge in [0.2, 0.25) is 5.91 Å². The molecule has 9 heteroatoms. The Morgan fingerprint density at radius 3 is 2.52 bits per heavy atom. The maximum absolute atomic E-state index is 12.8. The summed E-state index contributed by atoms with van der Waals surface area (Å²) in [7, 11) is 0. The van der Waals surface area contributed by atoms with Crippen LogP contribution in [-0.2, 0) is 11.0 Å². The number of anilines is 1. The van der Waals surface area contributed by atoms with E-state index in [1.807, 2.05) is 0 Å². The zero-order chi connectivity index (χ0) is 17.4. The standard InChI is InChI=1S/C14H13ClF3N3O2/c1-7-11(15)12(14(16,17)18)20-21(7)8(2)13(23)19-9-5-3-4-6-10(9)22/h3-6,8,22H,1-2H3,(H,19,23). The van der Waals surface area contributed by atoms with E-state index in [0.29, 0.717) is 0 Å². The zero-order valence-electron chi connectivity index (χ0n) is 12.1. The van der Waals surface area contributed by atoms with Gasteiger partial charge in [-0.15, -0.1) is 0 Å². The van der Waals surface area contributed by atoms with Gasteiger partial charge in [0, 0.05) is 0 Å². The number of alkyl halides is 3. The maximum Gasteiger partial charge on any atom is 0.436 e. The minimum Gasteiger partial charge on any atom is -0.506 e. The molecule has 23 heavy (non-hydrogen) atoms. The molecule has 1 atom stereocenters. The monoisotopic (exact) mass is 347 g/mol. The summed E-state index contributed by atoms with van der Waals surface area (Å²) >= 11 is 5.66. The summed E-state index contributed by atoms with van der Waals surface area (Å²) in [5.41, 5.74) is -1.06. The van der Waals surface area contributed by atoms with Gasteiger partial charge in [-0.3, -0.25) is 9.48 Å². The van der Waals surface area contributed by atoms with Crippen LogP contribution >= 0.6 is 11.6 Å². The Bertz CT molecular complexity index is 743. The number of halogens is 4. The molecule has 1 unspecified atom stereocenters. The molecule has 2 rings (SSSR count). The fraction of sp³-hybridized carbons (Fsp3) is 0.286. The van der Waals surface area contributed by atoms with E-state index in [1.165, 1.54) is 26.0 Å². The maximum atomic E-state index is 12.8. The molecule has 5 nitrogen and oxygen atoms in total. The number of hydrogen-bond acceptors (Lipinski definition) is 3. The van der Waals surface area contributed by atoms with Crippen molar-refractivity contribution in [1.82, 2.24) is 9.78 Å². The highest BCUT2D eigenvalue weighted by Crippen LogP contribution is 2.36. The lowest BCUT2D eigenvalue weighted by molar-refractivity contribution is -0.141. The summed E-state index contributed by atoms with van der Waals surface area (Å²) in [4.78, 5) is 12.2. The number of nitrogens with one attached hydrogen (secondary N) is 1. The number of carbonyl (C=O) groups is 1. The van der Waals surface area contributed by atoms with Gasteiger partial charge in [-0.2, -0.15) is 18.3 Å². The predicted octanol–water partition coefficient (Wildman–Crippen LogP) is 3.77. The SMILES string of the molecule is Cc1c(Cl)c(C(F)(F)F)nn1C(C)C(=O)Nc1ccccc1O. The number of para-hydroxylation sites is 2. The van der Waals surface area contributed by atoms with E-state index in [9.17, 15) is 23.1 Å². The second kappa shape index (κ2) is 6.11. The molecule has 0 saturated heterocycles. The summed E-state index contributed by atoms with van der Waals surface area (Å²) in [5, 5.41) is 14.9. The van der Waals surface area contributed by atoms with Crippen molar-refractivity contribution in [3.63, 3.8) is 0 Å². The Kier molecular flexibility index (Phi) is 4.56. The van der Waals surface area contributed by atoms with E-state index in [-0.39, 0.29) is 17.1 Å². The van der Waals surface area contributed by atoms with Crippen molar-refractivity contribution in [1.29, 1.82) is 0 Å². The van der Waals surface area contributed by atoms with Gasteiger partial charge in [-0.05, 0) is 26.0 Å². The van der Waals surface area contributed by atoms with E-state index in [0.717, 1.165) is 4.68 Å². The van der Waals surface area contributed by atoms with Gasteiger partial charge >= 0.3 is 6.18 Å². The van der Waals surface area contributed by atoms with E-state index in [2.05, 4.69) is 10.4 Å². The number of nitrogens with zero attached hydrogens (tertiary/aromatic N) is 2. The van der Waals surface area contributed by atoms with Crippen LogP contribution in [0.5, 0.6) is 5.75 Å². The first kappa shape index (κ1) is 17.1. The largest absolute Gasteiger partial charge is 0.506 e. The Morgan fingerprint density at radius 1 is 1.39 bits per heavy atom. The minimum atomic E-state index is -4.71. The van der Waals surface area contributed by atoms with Crippen LogP contribution in [0.15, 0.2) is 24.3 Å². The zero-order valence-corrected chi connectivity index (χ0v) is 12.9. The molecule has 0 saturated carbocycles. The highest BCUT2D eigenvalue weighted by atomic mass is 35.5. The first-order valence-electron chi connectivity index (χ1n) is 6.53. The van der Waals surface area contributed by atoms with Gasteiger partial charge < -0.3 is 10.4 Å². The van der Waals surface area contributed by atoms with Crippen molar-refractivity contribution < 1.29 is 23.1 Å². The van der Waals surface area contributed by atoms with Gasteiger partial charge in [0.1, 0.15) is 11.8 Å². The fourth-order valence-electron chi connectivity index (χ4n) is 1.98. The smallest absolute Gasteiger partial charge is 0.436 e. The molecule has 0 aliphatic heterocycles. The third-order valence-electron chi connectivity index (χ3n) is 3.25. The molecule has 1 aromatic carbocycles. The summed E-state index contributed by atoms with van der Waals surface area (Å²) < 4.78 is 39.3. The number of aromatic hydroxyl groups is 1. The predicted molar refractivity (Wildman–Crippen MR) is 78.4 cm³/mol. The number of benzene rings is 1. The average molecular weight is 348 g/mol. The molecule has 1 amide bonds. The van der Waals surface area contributed by atoms with Crippen LogP contribution in [0, 0.1) is 6.92 Å². The highest BCUT2D eigenvalue weighted by Gasteiger charge is 2.39. The molecule has 0 radical (unpaired) electrons. The van der Waals surface area contributed by atoms with Crippen molar-refractivity contribution in [2.75, 3.05) is 5.32 Å². The number of phenolic OH excluding ortho intramolecular Hbond substituents is 1. The second-order valence-electron chi connectivity index (χ2n) is 4.87. The van der Waals surface area contributed by atoms with Gasteiger partial charge in [0.05, 0.1) is 16.4 Å². The Hall–Kier alpha value is -2.22. The Morgan fingerprint density at radius 2 is 2.00 bits per heavy atom. The van der Waals surface area contributed by atoms with E-state index >= 15 is 0 Å². The number of carbonyl (C=O) groups excluding carboxylic acids is 1. The molecule has 124 valence electrons. The Labute approximate surface area is 134 Å². The molecule has 0 fully saturated rings. The van der Waals surface area contributed by atoms with Crippen LogP contribution in [0.3, 0.4) is 0 Å². The van der Waals surface area contributed by atoms with Gasteiger partial charge in [-0.1, -0.05) is 23.7 Å². The number of phenols is 1. The molecule has 1 heterocycles. The number of rotatable bonds is 3. The normalized spacial score (nSPS) is 13.0. The van der Waals surface area contributed by atoms with Crippen LogP contribution in [0.2, 0.25) is 5.02 Å². The van der Waals surface area contributed by atoms with Gasteiger partial charge in [0.15, 0.2) is 5.69 Å². The van der Waals surface area contributed by atoms with Crippen molar-refractivity contribution >= 4 is 23.2 Å². The first-order chi connectivity index (χ1) is 10.6. The third-order valence-corrected chi connectivity index (χ3v) is 3.71. The summed E-state index contributed by atoms with van der Waals surface area (Å²) in [6.45, 7) is 2.72. The van der Waals surface area contributed by atoms with Crippen molar-refractivity contribution in [2.24, 2.45) is 0 Å². The molecule has 2 aromatic rings. The molecular weight excluding hydrogens is 335 g/mol. The second-order valence-corrected chi connectivity index (χ2v) is 5.25. The van der Waals surface area contributed by atoms with E-state index in [4.69, 9.17) is 11.6 Å². The average Bonchev–Trinajstić information content (AvgIpc) is 2.77. The summed E-state index contributed by atoms with van der Waals surface area (Å²) in [6, 6.07) is 4.95. The molecule has 0 aliphatic carbocycles. The molecule has 0 spiro atoms. The van der Waals surface area contributed by atoms with E-state index < -0.39 is 28.8 Å². The molecule has 1 aromatic heterocycles. The van der Waals surface area contributed by atoms with Crippen molar-refractivity contribution in [3.05, 3.63) is 40.7 Å². The number of amides is 1. The molecule has 0 bridgehead atoms.